The number of halogens is 4. The highest BCUT2D eigenvalue weighted by Crippen LogP contribution is 2.34. The number of hydrogen-bond donors (Lipinski definition) is 2. The zero-order valence-corrected chi connectivity index (χ0v) is 9.54. The van der Waals surface area contributed by atoms with Crippen LogP contribution in [0.3, 0.4) is 0 Å². The number of nitrogens with zero attached hydrogens (tertiary/aromatic N) is 1. The molecule has 0 aliphatic heterocycles. The number of hydrogen-bond acceptors (Lipinski definition) is 4. The van der Waals surface area contributed by atoms with E-state index < -0.39 is 29.5 Å². The van der Waals surface area contributed by atoms with Crippen molar-refractivity contribution in [2.75, 3.05) is 0 Å². The molecule has 1 aromatic heterocycles. The molecule has 0 atom stereocenters. The summed E-state index contributed by atoms with van der Waals surface area (Å²) in [6.45, 7) is 0. The molecule has 0 saturated heterocycles. The zero-order valence-electron chi connectivity index (χ0n) is 7.95. The second-order valence-corrected chi connectivity index (χ2v) is 3.35. The quantitative estimate of drug-likeness (QED) is 0.836. The van der Waals surface area contributed by atoms with Gasteiger partial charge in [0, 0.05) is 11.4 Å². The van der Waals surface area contributed by atoms with E-state index in [9.17, 15) is 23.1 Å². The van der Waals surface area contributed by atoms with Crippen LogP contribution in [0.4, 0.5) is 13.2 Å². The molecule has 1 heterocycles. The van der Waals surface area contributed by atoms with Crippen LogP contribution in [-0.4, -0.2) is 27.5 Å². The average Bonchev–Trinajstić information content (AvgIpc) is 2.18. The van der Waals surface area contributed by atoms with Crippen LogP contribution in [0.25, 0.3) is 0 Å². The van der Waals surface area contributed by atoms with Crippen molar-refractivity contribution in [3.8, 4) is 11.5 Å². The predicted molar refractivity (Wildman–Crippen MR) is 52.2 cm³/mol. The summed E-state index contributed by atoms with van der Waals surface area (Å²) in [5, 5.41) is 17.9. The Balaban J connectivity index is 3.28. The fourth-order valence-corrected chi connectivity index (χ4v) is 1.36. The third-order valence-electron chi connectivity index (χ3n) is 1.60. The summed E-state index contributed by atoms with van der Waals surface area (Å²) >= 11 is 2.85. The molecule has 17 heavy (non-hydrogen) atoms. The van der Waals surface area contributed by atoms with E-state index >= 15 is 0 Å². The van der Waals surface area contributed by atoms with Crippen LogP contribution in [0.1, 0.15) is 16.2 Å². The van der Waals surface area contributed by atoms with Gasteiger partial charge in [0.05, 0.1) is 5.69 Å². The minimum atomic E-state index is -5.03. The topological polar surface area (TPSA) is 79.7 Å². The minimum Gasteiger partial charge on any atom is -0.503 e. The molecule has 2 N–H and O–H groups in total. The lowest BCUT2D eigenvalue weighted by Gasteiger charge is -2.12. The van der Waals surface area contributed by atoms with Crippen LogP contribution >= 0.6 is 15.9 Å². The first-order valence-corrected chi connectivity index (χ1v) is 5.14. The first-order valence-electron chi connectivity index (χ1n) is 4.02. The first kappa shape index (κ1) is 13.6. The summed E-state index contributed by atoms with van der Waals surface area (Å²) in [6, 6.07) is 0.497. The second kappa shape index (κ2) is 4.78. The Bertz CT molecular complexity index is 449. The maximum atomic E-state index is 12.0. The van der Waals surface area contributed by atoms with E-state index in [4.69, 9.17) is 5.11 Å². The first-order chi connectivity index (χ1) is 7.74. The van der Waals surface area contributed by atoms with Crippen LogP contribution in [0, 0.1) is 0 Å². The lowest BCUT2D eigenvalue weighted by Crippen LogP contribution is -2.18. The lowest BCUT2D eigenvalue weighted by atomic mass is 10.2. The van der Waals surface area contributed by atoms with Crippen molar-refractivity contribution in [3.05, 3.63) is 17.5 Å². The van der Waals surface area contributed by atoms with Gasteiger partial charge in [-0.15, -0.1) is 13.2 Å². The third kappa shape index (κ3) is 3.48. The van der Waals surface area contributed by atoms with Gasteiger partial charge in [0.15, 0.2) is 17.2 Å². The summed E-state index contributed by atoms with van der Waals surface area (Å²) in [4.78, 5) is 14.0. The molecule has 0 amide bonds. The average molecular weight is 316 g/mol. The van der Waals surface area contributed by atoms with E-state index in [-0.39, 0.29) is 11.0 Å². The fourth-order valence-electron chi connectivity index (χ4n) is 0.971. The number of pyridine rings is 1. The second-order valence-electron chi connectivity index (χ2n) is 2.79. The molecule has 1 aromatic rings. The van der Waals surface area contributed by atoms with E-state index in [0.29, 0.717) is 6.07 Å². The largest absolute Gasteiger partial charge is 0.573 e. The molecule has 0 aliphatic carbocycles. The van der Waals surface area contributed by atoms with E-state index in [1.54, 1.807) is 0 Å². The van der Waals surface area contributed by atoms with Gasteiger partial charge in [0.1, 0.15) is 0 Å². The van der Waals surface area contributed by atoms with E-state index in [1.165, 1.54) is 0 Å². The number of aromatic carboxylic acids is 1. The highest BCUT2D eigenvalue weighted by Gasteiger charge is 2.33. The van der Waals surface area contributed by atoms with Crippen molar-refractivity contribution < 1.29 is 32.9 Å². The molecule has 0 saturated carbocycles. The number of aromatic hydroxyl groups is 1. The molecule has 0 aromatic carbocycles. The van der Waals surface area contributed by atoms with Crippen LogP contribution in [0.5, 0.6) is 11.5 Å². The van der Waals surface area contributed by atoms with Gasteiger partial charge < -0.3 is 14.9 Å². The van der Waals surface area contributed by atoms with Gasteiger partial charge in [-0.25, -0.2) is 9.78 Å². The summed E-state index contributed by atoms with van der Waals surface area (Å²) in [6.07, 6.45) is -5.03. The van der Waals surface area contributed by atoms with Gasteiger partial charge in [-0.1, -0.05) is 15.9 Å². The SMILES string of the molecule is O=C(O)c1cc(OC(F)(F)F)c(O)c(CBr)n1. The number of aromatic nitrogens is 1. The number of alkyl halides is 4. The van der Waals surface area contributed by atoms with E-state index in [0.717, 1.165) is 0 Å². The number of carboxylic acid groups (broad SMARTS) is 1. The number of rotatable bonds is 3. The summed E-state index contributed by atoms with van der Waals surface area (Å²) in [7, 11) is 0. The molecule has 0 bridgehead atoms. The third-order valence-corrected chi connectivity index (χ3v) is 2.13. The molecular weight excluding hydrogens is 311 g/mol. The summed E-state index contributed by atoms with van der Waals surface area (Å²) < 4.78 is 39.4. The van der Waals surface area contributed by atoms with Crippen molar-refractivity contribution in [2.45, 2.75) is 11.7 Å². The van der Waals surface area contributed by atoms with Crippen molar-refractivity contribution in [1.82, 2.24) is 4.98 Å². The molecule has 0 aliphatic rings. The number of carboxylic acids is 1. The Morgan fingerprint density at radius 3 is 2.53 bits per heavy atom. The Morgan fingerprint density at radius 1 is 1.53 bits per heavy atom. The van der Waals surface area contributed by atoms with Crippen molar-refractivity contribution in [1.29, 1.82) is 0 Å². The van der Waals surface area contributed by atoms with Gasteiger partial charge in [0.2, 0.25) is 0 Å². The monoisotopic (exact) mass is 315 g/mol. The summed E-state index contributed by atoms with van der Waals surface area (Å²) in [5.41, 5.74) is -0.916. The zero-order chi connectivity index (χ0) is 13.2. The normalized spacial score (nSPS) is 11.3. The molecule has 0 spiro atoms. The standard InChI is InChI=1S/C8H5BrF3NO4/c9-2-4-6(14)5(17-8(10,11)12)1-3(13-4)7(15)16/h1,14H,2H2,(H,15,16). The predicted octanol–water partition coefficient (Wildman–Crippen LogP) is 2.28. The number of carbonyl (C=O) groups is 1. The highest BCUT2D eigenvalue weighted by atomic mass is 79.9. The van der Waals surface area contributed by atoms with Crippen molar-refractivity contribution >= 4 is 21.9 Å². The smallest absolute Gasteiger partial charge is 0.503 e. The molecule has 9 heteroatoms. The van der Waals surface area contributed by atoms with Crippen LogP contribution in [-0.2, 0) is 5.33 Å². The Morgan fingerprint density at radius 2 is 2.12 bits per heavy atom. The molecule has 1 rings (SSSR count). The summed E-state index contributed by atoms with van der Waals surface area (Å²) in [5.74, 6) is -3.39. The van der Waals surface area contributed by atoms with Crippen LogP contribution in [0.15, 0.2) is 6.07 Å². The van der Waals surface area contributed by atoms with E-state index in [1.807, 2.05) is 0 Å². The maximum absolute atomic E-state index is 12.0. The minimum absolute atomic E-state index is 0.117. The van der Waals surface area contributed by atoms with Crippen molar-refractivity contribution in [2.24, 2.45) is 0 Å². The van der Waals surface area contributed by atoms with Gasteiger partial charge >= 0.3 is 12.3 Å². The van der Waals surface area contributed by atoms with Gasteiger partial charge in [-0.3, -0.25) is 0 Å². The fraction of sp³-hybridized carbons (Fsp3) is 0.250. The highest BCUT2D eigenvalue weighted by molar-refractivity contribution is 9.08. The van der Waals surface area contributed by atoms with Crippen molar-refractivity contribution in [3.63, 3.8) is 0 Å². The van der Waals surface area contributed by atoms with Crippen LogP contribution in [0.2, 0.25) is 0 Å². The Kier molecular flexibility index (Phi) is 3.81. The number of ether oxygens (including phenoxy) is 1. The Labute approximate surface area is 101 Å². The maximum Gasteiger partial charge on any atom is 0.573 e. The molecule has 0 unspecified atom stereocenters. The molecule has 94 valence electrons. The lowest BCUT2D eigenvalue weighted by molar-refractivity contribution is -0.275. The molecule has 0 fully saturated rings. The molecule has 5 nitrogen and oxygen atoms in total. The Hall–Kier alpha value is -1.51. The molecule has 0 radical (unpaired) electrons. The molecular formula is C8H5BrF3NO4. The van der Waals surface area contributed by atoms with Crippen LogP contribution < -0.4 is 4.74 Å². The van der Waals surface area contributed by atoms with Gasteiger partial charge in [-0.05, 0) is 0 Å². The van der Waals surface area contributed by atoms with Gasteiger partial charge in [0.25, 0.3) is 0 Å². The van der Waals surface area contributed by atoms with E-state index in [2.05, 4.69) is 25.7 Å². The van der Waals surface area contributed by atoms with Gasteiger partial charge in [-0.2, -0.15) is 0 Å².